The molecule has 1 aromatic heterocycles. The number of carbonyl (C=O) groups is 3. The molecule has 0 bridgehead atoms. The van der Waals surface area contributed by atoms with Gasteiger partial charge >= 0.3 is 12.0 Å². The zero-order valence-electron chi connectivity index (χ0n) is 11.8. The Morgan fingerprint density at radius 1 is 1.32 bits per heavy atom. The molecule has 2 N–H and O–H groups in total. The number of ether oxygens (including phenoxy) is 1. The molecule has 0 radical (unpaired) electrons. The highest BCUT2D eigenvalue weighted by atomic mass is 35.5. The van der Waals surface area contributed by atoms with E-state index in [4.69, 9.17) is 16.3 Å². The molecule has 1 saturated carbocycles. The van der Waals surface area contributed by atoms with Gasteiger partial charge in [-0.1, -0.05) is 24.4 Å². The van der Waals surface area contributed by atoms with Gasteiger partial charge in [0.05, 0.1) is 5.56 Å². The highest BCUT2D eigenvalue weighted by molar-refractivity contribution is 6.29. The summed E-state index contributed by atoms with van der Waals surface area (Å²) in [5, 5.41) is 4.97. The van der Waals surface area contributed by atoms with Crippen molar-refractivity contribution in [2.45, 2.75) is 31.7 Å². The van der Waals surface area contributed by atoms with E-state index in [0.29, 0.717) is 0 Å². The molecular formula is C14H16ClN3O4. The zero-order chi connectivity index (χ0) is 15.9. The molecule has 1 aromatic rings. The van der Waals surface area contributed by atoms with E-state index < -0.39 is 24.5 Å². The molecule has 7 nitrogen and oxygen atoms in total. The SMILES string of the molecule is O=C(COC(=O)c1ccnc(Cl)c1)NC(=O)NC1CCCC1. The Bertz CT molecular complexity index is 573. The highest BCUT2D eigenvalue weighted by Crippen LogP contribution is 2.17. The summed E-state index contributed by atoms with van der Waals surface area (Å²) in [5.41, 5.74) is 0.184. The molecule has 1 fully saturated rings. The minimum absolute atomic E-state index is 0.106. The van der Waals surface area contributed by atoms with Gasteiger partial charge in [0.25, 0.3) is 5.91 Å². The number of nitrogens with zero attached hydrogens (tertiary/aromatic N) is 1. The molecule has 1 heterocycles. The van der Waals surface area contributed by atoms with Gasteiger partial charge in [-0.2, -0.15) is 0 Å². The van der Waals surface area contributed by atoms with Crippen molar-refractivity contribution in [1.82, 2.24) is 15.6 Å². The minimum atomic E-state index is -0.712. The monoisotopic (exact) mass is 325 g/mol. The fraction of sp³-hybridized carbons (Fsp3) is 0.429. The third kappa shape index (κ3) is 5.00. The number of rotatable bonds is 4. The Balaban J connectivity index is 1.72. The summed E-state index contributed by atoms with van der Waals surface area (Å²) in [6.07, 6.45) is 5.34. The van der Waals surface area contributed by atoms with Gasteiger partial charge in [0.15, 0.2) is 6.61 Å². The standard InChI is InChI=1S/C14H16ClN3O4/c15-11-7-9(5-6-16-11)13(20)22-8-12(19)18-14(21)17-10-3-1-2-4-10/h5-7,10H,1-4,8H2,(H2,17,18,19,21). The van der Waals surface area contributed by atoms with E-state index in [1.54, 1.807) is 0 Å². The zero-order valence-corrected chi connectivity index (χ0v) is 12.6. The molecule has 8 heteroatoms. The van der Waals surface area contributed by atoms with Crippen LogP contribution in [-0.4, -0.2) is 35.5 Å². The number of pyridine rings is 1. The molecule has 0 spiro atoms. The van der Waals surface area contributed by atoms with Crippen LogP contribution in [0.2, 0.25) is 5.15 Å². The van der Waals surface area contributed by atoms with E-state index in [9.17, 15) is 14.4 Å². The Morgan fingerprint density at radius 3 is 2.73 bits per heavy atom. The fourth-order valence-electron chi connectivity index (χ4n) is 2.20. The molecule has 2 rings (SSSR count). The Morgan fingerprint density at radius 2 is 2.05 bits per heavy atom. The molecule has 0 saturated heterocycles. The molecule has 0 aliphatic heterocycles. The van der Waals surface area contributed by atoms with E-state index in [1.807, 2.05) is 0 Å². The van der Waals surface area contributed by atoms with Crippen molar-refractivity contribution in [3.8, 4) is 0 Å². The molecule has 0 atom stereocenters. The van der Waals surface area contributed by atoms with Crippen molar-refractivity contribution in [1.29, 1.82) is 0 Å². The summed E-state index contributed by atoms with van der Waals surface area (Å²) in [5.74, 6) is -1.40. The predicted octanol–water partition coefficient (Wildman–Crippen LogP) is 1.66. The maximum absolute atomic E-state index is 11.7. The van der Waals surface area contributed by atoms with Gasteiger partial charge < -0.3 is 10.1 Å². The number of aromatic nitrogens is 1. The molecule has 0 unspecified atom stereocenters. The van der Waals surface area contributed by atoms with Crippen LogP contribution in [0.25, 0.3) is 0 Å². The first kappa shape index (κ1) is 16.2. The second kappa shape index (κ2) is 7.74. The maximum atomic E-state index is 11.7. The number of esters is 1. The largest absolute Gasteiger partial charge is 0.452 e. The average molecular weight is 326 g/mol. The summed E-state index contributed by atoms with van der Waals surface area (Å²) in [7, 11) is 0. The van der Waals surface area contributed by atoms with Crippen molar-refractivity contribution < 1.29 is 19.1 Å². The molecule has 118 valence electrons. The van der Waals surface area contributed by atoms with Crippen molar-refractivity contribution in [2.75, 3.05) is 6.61 Å². The number of hydrogen-bond donors (Lipinski definition) is 2. The van der Waals surface area contributed by atoms with Gasteiger partial charge in [-0.05, 0) is 25.0 Å². The van der Waals surface area contributed by atoms with Crippen LogP contribution >= 0.6 is 11.6 Å². The maximum Gasteiger partial charge on any atom is 0.338 e. The van der Waals surface area contributed by atoms with Crippen LogP contribution in [0.5, 0.6) is 0 Å². The van der Waals surface area contributed by atoms with Gasteiger partial charge in [-0.25, -0.2) is 14.6 Å². The second-order valence-electron chi connectivity index (χ2n) is 4.95. The number of amides is 3. The Labute approximate surface area is 132 Å². The molecule has 1 aliphatic rings. The Hall–Kier alpha value is -2.15. The van der Waals surface area contributed by atoms with Crippen LogP contribution < -0.4 is 10.6 Å². The van der Waals surface area contributed by atoms with Crippen LogP contribution in [-0.2, 0) is 9.53 Å². The first-order valence-corrected chi connectivity index (χ1v) is 7.31. The van der Waals surface area contributed by atoms with E-state index >= 15 is 0 Å². The number of halogens is 1. The van der Waals surface area contributed by atoms with Crippen LogP contribution in [0.15, 0.2) is 18.3 Å². The summed E-state index contributed by atoms with van der Waals surface area (Å²) in [4.78, 5) is 38.5. The third-order valence-corrected chi connectivity index (χ3v) is 3.45. The van der Waals surface area contributed by atoms with Gasteiger partial charge in [0, 0.05) is 12.2 Å². The summed E-state index contributed by atoms with van der Waals surface area (Å²) < 4.78 is 4.80. The highest BCUT2D eigenvalue weighted by Gasteiger charge is 2.18. The van der Waals surface area contributed by atoms with E-state index in [2.05, 4.69) is 15.6 Å². The predicted molar refractivity (Wildman–Crippen MR) is 78.5 cm³/mol. The number of carbonyl (C=O) groups excluding carboxylic acids is 3. The molecule has 22 heavy (non-hydrogen) atoms. The quantitative estimate of drug-likeness (QED) is 0.648. The fourth-order valence-corrected chi connectivity index (χ4v) is 2.37. The lowest BCUT2D eigenvalue weighted by atomic mass is 10.2. The first-order chi connectivity index (χ1) is 10.5. The van der Waals surface area contributed by atoms with Crippen LogP contribution in [0.3, 0.4) is 0 Å². The van der Waals surface area contributed by atoms with Crippen molar-refractivity contribution in [2.24, 2.45) is 0 Å². The lowest BCUT2D eigenvalue weighted by molar-refractivity contribution is -0.123. The van der Waals surface area contributed by atoms with Crippen LogP contribution in [0, 0.1) is 0 Å². The molecule has 1 aliphatic carbocycles. The Kier molecular flexibility index (Phi) is 5.71. The molecular weight excluding hydrogens is 310 g/mol. The normalized spacial score (nSPS) is 14.4. The van der Waals surface area contributed by atoms with Gasteiger partial charge in [0.1, 0.15) is 5.15 Å². The van der Waals surface area contributed by atoms with Gasteiger partial charge in [-0.15, -0.1) is 0 Å². The van der Waals surface area contributed by atoms with Crippen LogP contribution in [0.4, 0.5) is 4.79 Å². The van der Waals surface area contributed by atoms with Crippen molar-refractivity contribution in [3.05, 3.63) is 29.0 Å². The van der Waals surface area contributed by atoms with Gasteiger partial charge in [0.2, 0.25) is 0 Å². The summed E-state index contributed by atoms with van der Waals surface area (Å²) in [6.45, 7) is -0.545. The van der Waals surface area contributed by atoms with Crippen LogP contribution in [0.1, 0.15) is 36.0 Å². The average Bonchev–Trinajstić information content (AvgIpc) is 2.97. The summed E-state index contributed by atoms with van der Waals surface area (Å²) >= 11 is 5.65. The molecule has 0 aromatic carbocycles. The minimum Gasteiger partial charge on any atom is -0.452 e. The number of urea groups is 1. The number of hydrogen-bond acceptors (Lipinski definition) is 5. The lowest BCUT2D eigenvalue weighted by Gasteiger charge is -2.12. The second-order valence-corrected chi connectivity index (χ2v) is 5.33. The van der Waals surface area contributed by atoms with E-state index in [-0.39, 0.29) is 16.8 Å². The number of imide groups is 1. The number of nitrogens with one attached hydrogen (secondary N) is 2. The first-order valence-electron chi connectivity index (χ1n) is 6.93. The van der Waals surface area contributed by atoms with Crippen molar-refractivity contribution >= 4 is 29.5 Å². The van der Waals surface area contributed by atoms with E-state index in [0.717, 1.165) is 25.7 Å². The topological polar surface area (TPSA) is 97.4 Å². The smallest absolute Gasteiger partial charge is 0.338 e. The third-order valence-electron chi connectivity index (χ3n) is 3.24. The molecule has 3 amide bonds. The van der Waals surface area contributed by atoms with E-state index in [1.165, 1.54) is 18.3 Å². The summed E-state index contributed by atoms with van der Waals surface area (Å²) in [6, 6.07) is 2.28. The van der Waals surface area contributed by atoms with Gasteiger partial charge in [-0.3, -0.25) is 10.1 Å². The lowest BCUT2D eigenvalue weighted by Crippen LogP contribution is -2.44. The van der Waals surface area contributed by atoms with Crippen molar-refractivity contribution in [3.63, 3.8) is 0 Å².